The van der Waals surface area contributed by atoms with E-state index in [-0.39, 0.29) is 71.8 Å². The molecule has 1 heterocycles. The number of hydrogen-bond acceptors (Lipinski definition) is 8. The smallest absolute Gasteiger partial charge is 1.00 e. The van der Waals surface area contributed by atoms with E-state index in [9.17, 15) is 19.1 Å². The van der Waals surface area contributed by atoms with Crippen molar-refractivity contribution in [3.63, 3.8) is 0 Å². The molecule has 8 nitrogen and oxygen atoms in total. The standard InChI is InChI=1S/C13H18O.C12H13N.C12H16O2.C12H16O.C12H14O.C9H9N.C4H8O.C3H5Br.C2H6.CH2Cl2.CH3F.Al.Li.4H/c1-4-10-13(2,11-14-3)12-8-6-5-7-9-12;1-3-9-12(2,10-13)11-7-5-4-6-8-11;1-12(8-9-13,10-14-2)11-6-4-3-5-7-11;2*1-3-9-12(2,10-13)11-7-5-4-6-8-11;1-8(7-10)9-5-3-2-4-6-9;1-2-4-5-3-1;1-2-3-4;1-2;2-1-3;1-2;;;;;;/h4-9H,1,10-11H2,2-3H3;3-8H,1,9H2,2H3;3-7,9H,8,10H2,1-2H3;3-8,13H,1,9-10H2,2H3;3-8,10H,1,9H2,2H3;2-6,8H,1H3;1-4H2;2H,1,3H2;1-2H3;1H2;1H3;;;;;;/q;;;;;;;;;;;;+1;;;;-1/i;;;;;;;;;;1D;;;;;;. The minimum Gasteiger partial charge on any atom is -1.00 e. The van der Waals surface area contributed by atoms with Crippen molar-refractivity contribution in [1.29, 1.82) is 10.5 Å². The average Bonchev–Trinajstić information content (AvgIpc) is 1.08. The average molecular weight is 1420 g/mol. The summed E-state index contributed by atoms with van der Waals surface area (Å²) < 4.78 is 30.9. The molecule has 7 rings (SSSR count). The van der Waals surface area contributed by atoms with E-state index < -0.39 is 18.0 Å². The van der Waals surface area contributed by atoms with Crippen molar-refractivity contribution in [2.75, 3.05) is 65.1 Å². The second-order valence-electron chi connectivity index (χ2n) is 22.0. The molecule has 6 aromatic rings. The zero-order valence-electron chi connectivity index (χ0n) is 60.5. The molecule has 0 bridgehead atoms. The normalized spacial score (nSPS) is 13.5. The van der Waals surface area contributed by atoms with Crippen LogP contribution in [0.2, 0.25) is 0 Å². The Balaban J connectivity index is -0.000000190. The monoisotopic (exact) mass is 1410 g/mol. The predicted octanol–water partition coefficient (Wildman–Crippen LogP) is 17.3. The first-order chi connectivity index (χ1) is 45.2. The number of carbonyl (C=O) groups is 2. The second kappa shape index (κ2) is 65.6. The molecule has 0 aliphatic carbocycles. The van der Waals surface area contributed by atoms with Crippen LogP contribution in [0.5, 0.6) is 0 Å². The minimum absolute atomic E-state index is 0. The van der Waals surface area contributed by atoms with Crippen LogP contribution in [0.3, 0.4) is 0 Å². The van der Waals surface area contributed by atoms with Gasteiger partial charge in [0.2, 0.25) is 0 Å². The van der Waals surface area contributed by atoms with Crippen LogP contribution in [-0.4, -0.2) is 100 Å². The zero-order chi connectivity index (χ0) is 71.8. The van der Waals surface area contributed by atoms with Crippen LogP contribution in [-0.2, 0) is 50.9 Å². The SMILES string of the molecule is C1CCOC1.C=CCBr.C=CCC(C)(C#N)c1ccccc1.C=CCC(C)(C=O)c1ccccc1.C=CCC(C)(CO)c1ccccc1.C=CCC(C)(COC)c1ccccc1.CC.CC(C#N)c1ccccc1.COCC(C)(CC=O)c1ccccc1.ClCCl.[2H]CF.[AlH3].[H-].[Li+]. The number of aliphatic hydroxyl groups excluding tert-OH is 1. The van der Waals surface area contributed by atoms with Crippen LogP contribution in [0.15, 0.2) is 245 Å². The summed E-state index contributed by atoms with van der Waals surface area (Å²) in [5.41, 5.74) is 5.64. The maximum Gasteiger partial charge on any atom is 1.00 e. The van der Waals surface area contributed by atoms with Gasteiger partial charge in [0.1, 0.15) is 12.6 Å². The largest absolute Gasteiger partial charge is 1.00 e. The number of allylic oxidation sites excluding steroid dienone is 5. The van der Waals surface area contributed by atoms with Crippen molar-refractivity contribution in [2.45, 2.75) is 133 Å². The molecular formula is C81H114AlBrCl2FLiN2O6. The Hall–Kier alpha value is -5.70. The van der Waals surface area contributed by atoms with Crippen LogP contribution in [0.4, 0.5) is 4.39 Å². The summed E-state index contributed by atoms with van der Waals surface area (Å²) in [6, 6.07) is 64.4. The predicted molar refractivity (Wildman–Crippen MR) is 412 cm³/mol. The van der Waals surface area contributed by atoms with Crippen molar-refractivity contribution < 1.29 is 55.0 Å². The van der Waals surface area contributed by atoms with E-state index in [1.807, 2.05) is 218 Å². The van der Waals surface area contributed by atoms with Crippen LogP contribution in [0.1, 0.15) is 142 Å². The third-order valence-corrected chi connectivity index (χ3v) is 14.8. The van der Waals surface area contributed by atoms with Crippen molar-refractivity contribution in [3.8, 4) is 12.1 Å². The number of nitriles is 2. The summed E-state index contributed by atoms with van der Waals surface area (Å²) in [6.07, 6.45) is 17.3. The van der Waals surface area contributed by atoms with Crippen LogP contribution in [0, 0.1) is 22.7 Å². The molecule has 1 aliphatic heterocycles. The summed E-state index contributed by atoms with van der Waals surface area (Å²) in [7, 11) is 2.40. The van der Waals surface area contributed by atoms with E-state index >= 15 is 0 Å². The number of aliphatic hydroxyl groups is 1. The number of ether oxygens (including phenoxy) is 3. The number of halogens is 4. The van der Waals surface area contributed by atoms with E-state index in [4.69, 9.17) is 49.3 Å². The van der Waals surface area contributed by atoms with Gasteiger partial charge < -0.3 is 30.3 Å². The van der Waals surface area contributed by atoms with E-state index in [1.54, 1.807) is 32.4 Å². The first-order valence-electron chi connectivity index (χ1n) is 31.7. The molecule has 6 atom stereocenters. The zero-order valence-corrected chi connectivity index (χ0v) is 61.6. The molecule has 0 spiro atoms. The van der Waals surface area contributed by atoms with E-state index in [0.717, 1.165) is 78.4 Å². The third kappa shape index (κ3) is 44.7. The van der Waals surface area contributed by atoms with Gasteiger partial charge in [0, 0.05) is 55.4 Å². The van der Waals surface area contributed by atoms with E-state index in [1.165, 1.54) is 18.4 Å². The molecule has 0 amide bonds. The number of hydrogen-bond donors (Lipinski definition) is 1. The van der Waals surface area contributed by atoms with Crippen molar-refractivity contribution in [2.24, 2.45) is 0 Å². The first-order valence-corrected chi connectivity index (χ1v) is 33.2. The summed E-state index contributed by atoms with van der Waals surface area (Å²) in [5, 5.41) is 28.0. The summed E-state index contributed by atoms with van der Waals surface area (Å²) in [4.78, 5) is 21.6. The number of benzene rings is 6. The third-order valence-electron chi connectivity index (χ3n) is 14.3. The molecular weight excluding hydrogens is 1300 g/mol. The summed E-state index contributed by atoms with van der Waals surface area (Å²) in [6.45, 7) is 37.8. The van der Waals surface area contributed by atoms with Gasteiger partial charge in [0.15, 0.2) is 17.4 Å². The van der Waals surface area contributed by atoms with Crippen LogP contribution < -0.4 is 18.9 Å². The molecule has 1 saturated heterocycles. The fourth-order valence-electron chi connectivity index (χ4n) is 8.78. The Morgan fingerprint density at radius 3 is 1.17 bits per heavy atom. The number of aldehydes is 2. The van der Waals surface area contributed by atoms with Crippen molar-refractivity contribution in [3.05, 3.63) is 279 Å². The Bertz CT molecular complexity index is 2820. The Labute approximate surface area is 619 Å². The number of alkyl halides is 4. The summed E-state index contributed by atoms with van der Waals surface area (Å²) >= 11 is 12.7. The molecule has 14 heteroatoms. The maximum atomic E-state index is 11.0. The topological polar surface area (TPSA) is 130 Å². The Morgan fingerprint density at radius 2 is 0.905 bits per heavy atom. The maximum absolute atomic E-state index is 11.0. The van der Waals surface area contributed by atoms with Gasteiger partial charge in [-0.05, 0) is 92.7 Å². The fourth-order valence-corrected chi connectivity index (χ4v) is 8.78. The van der Waals surface area contributed by atoms with Gasteiger partial charge in [-0.15, -0.1) is 56.1 Å². The van der Waals surface area contributed by atoms with Gasteiger partial charge in [-0.3, -0.25) is 4.39 Å². The molecule has 0 aromatic heterocycles. The number of carbonyl (C=O) groups excluding carboxylic acids is 2. The first kappa shape index (κ1) is 98.0. The van der Waals surface area contributed by atoms with Crippen molar-refractivity contribution in [1.82, 2.24) is 0 Å². The second-order valence-corrected chi connectivity index (χ2v) is 23.4. The minimum atomic E-state index is -1.00. The fraction of sp³-hybridized carbons (Fsp3) is 0.383. The molecule has 6 unspecified atom stereocenters. The Morgan fingerprint density at radius 1 is 0.600 bits per heavy atom. The van der Waals surface area contributed by atoms with Gasteiger partial charge in [0.25, 0.3) is 0 Å². The number of methoxy groups -OCH3 is 2. The molecule has 0 saturated carbocycles. The molecule has 1 fully saturated rings. The molecule has 6 aromatic carbocycles. The molecule has 1 N–H and O–H groups in total. The summed E-state index contributed by atoms with van der Waals surface area (Å²) in [5.74, 6) is 0.0150. The van der Waals surface area contributed by atoms with Gasteiger partial charge in [-0.2, -0.15) is 10.5 Å². The molecule has 95 heavy (non-hydrogen) atoms. The van der Waals surface area contributed by atoms with E-state index in [2.05, 4.69) is 92.2 Å². The molecule has 1 aliphatic rings. The molecule has 516 valence electrons. The van der Waals surface area contributed by atoms with Gasteiger partial charge >= 0.3 is 18.9 Å². The van der Waals surface area contributed by atoms with E-state index in [0.29, 0.717) is 25.9 Å². The van der Waals surface area contributed by atoms with Gasteiger partial charge in [-0.1, -0.05) is 263 Å². The number of nitrogens with zero attached hydrogens (tertiary/aromatic N) is 2. The number of rotatable bonds is 23. The van der Waals surface area contributed by atoms with Crippen LogP contribution in [0.25, 0.3) is 0 Å². The van der Waals surface area contributed by atoms with Crippen molar-refractivity contribution >= 4 is 69.1 Å². The Kier molecular flexibility index (Phi) is 67.6. The van der Waals surface area contributed by atoms with Gasteiger partial charge in [-0.25, -0.2) is 0 Å². The molecule has 0 radical (unpaired) electrons. The van der Waals surface area contributed by atoms with Gasteiger partial charge in [0.05, 0.1) is 62.6 Å². The quantitative estimate of drug-likeness (QED) is 0.0291. The van der Waals surface area contributed by atoms with Crippen LogP contribution >= 0.6 is 39.1 Å².